The van der Waals surface area contributed by atoms with Crippen molar-refractivity contribution in [1.82, 2.24) is 0 Å². The topological polar surface area (TPSA) is 26.3 Å². The second-order valence-electron chi connectivity index (χ2n) is 6.91. The van der Waals surface area contributed by atoms with E-state index in [1.807, 2.05) is 12.1 Å². The zero-order valence-electron chi connectivity index (χ0n) is 16.1. The van der Waals surface area contributed by atoms with E-state index in [0.717, 1.165) is 25.7 Å². The molecule has 0 bridgehead atoms. The lowest BCUT2D eigenvalue weighted by atomic mass is 10.0. The lowest BCUT2D eigenvalue weighted by Crippen LogP contribution is -2.19. The molecule has 0 aliphatic rings. The first kappa shape index (κ1) is 22.0. The van der Waals surface area contributed by atoms with E-state index in [2.05, 4.69) is 13.8 Å². The van der Waals surface area contributed by atoms with E-state index in [-0.39, 0.29) is 12.1 Å². The molecule has 0 spiro atoms. The van der Waals surface area contributed by atoms with Crippen molar-refractivity contribution in [2.24, 2.45) is 0 Å². The van der Waals surface area contributed by atoms with Gasteiger partial charge in [-0.2, -0.15) is 0 Å². The third kappa shape index (κ3) is 9.89. The van der Waals surface area contributed by atoms with E-state index in [9.17, 15) is 4.79 Å². The molecular weight excluding hydrogens is 332 g/mol. The molecule has 0 amide bonds. The molecule has 1 aromatic rings. The zero-order chi connectivity index (χ0) is 18.3. The smallest absolute Gasteiger partial charge is 0.339 e. The molecule has 0 aliphatic carbocycles. The summed E-state index contributed by atoms with van der Waals surface area (Å²) < 4.78 is 5.80. The van der Waals surface area contributed by atoms with Gasteiger partial charge in [-0.25, -0.2) is 4.79 Å². The predicted octanol–water partition coefficient (Wildman–Crippen LogP) is 7.59. The van der Waals surface area contributed by atoms with Gasteiger partial charge in [0.2, 0.25) is 0 Å². The predicted molar refractivity (Wildman–Crippen MR) is 107 cm³/mol. The van der Waals surface area contributed by atoms with E-state index in [0.29, 0.717) is 10.6 Å². The second kappa shape index (κ2) is 14.2. The summed E-state index contributed by atoms with van der Waals surface area (Å²) in [6.45, 7) is 4.45. The molecule has 0 saturated heterocycles. The Bertz CT molecular complexity index is 473. The van der Waals surface area contributed by atoms with Crippen molar-refractivity contribution in [3.05, 3.63) is 34.9 Å². The zero-order valence-corrected chi connectivity index (χ0v) is 16.8. The van der Waals surface area contributed by atoms with Gasteiger partial charge in [-0.3, -0.25) is 0 Å². The number of unbranched alkanes of at least 4 members (excludes halogenated alkanes) is 8. The number of hydrogen-bond acceptors (Lipinski definition) is 2. The summed E-state index contributed by atoms with van der Waals surface area (Å²) in [4.78, 5) is 12.4. The van der Waals surface area contributed by atoms with Crippen LogP contribution in [0.4, 0.5) is 0 Å². The molecule has 1 unspecified atom stereocenters. The average Bonchev–Trinajstić information content (AvgIpc) is 2.61. The van der Waals surface area contributed by atoms with Gasteiger partial charge < -0.3 is 4.74 Å². The van der Waals surface area contributed by atoms with Crippen LogP contribution in [-0.4, -0.2) is 12.1 Å². The summed E-state index contributed by atoms with van der Waals surface area (Å²) in [6, 6.07) is 7.13. The summed E-state index contributed by atoms with van der Waals surface area (Å²) in [5.41, 5.74) is 0.477. The standard InChI is InChI=1S/C22H35ClO2/c1-3-5-7-9-10-12-16-19(15-11-8-6-4-2)25-22(24)20-17-13-14-18-21(20)23/h13-14,17-19H,3-12,15-16H2,1-2H3. The highest BCUT2D eigenvalue weighted by Crippen LogP contribution is 2.21. The number of carbonyl (C=O) groups is 1. The van der Waals surface area contributed by atoms with Crippen LogP contribution in [0.5, 0.6) is 0 Å². The molecule has 0 N–H and O–H groups in total. The summed E-state index contributed by atoms with van der Waals surface area (Å²) >= 11 is 6.12. The van der Waals surface area contributed by atoms with Crippen LogP contribution in [0.3, 0.4) is 0 Å². The Kier molecular flexibility index (Phi) is 12.5. The molecule has 1 rings (SSSR count). The van der Waals surface area contributed by atoms with E-state index in [1.165, 1.54) is 51.4 Å². The summed E-state index contributed by atoms with van der Waals surface area (Å²) in [5, 5.41) is 0.469. The molecule has 142 valence electrons. The third-order valence-electron chi connectivity index (χ3n) is 4.63. The average molecular weight is 367 g/mol. The maximum absolute atomic E-state index is 12.4. The molecule has 1 atom stereocenters. The second-order valence-corrected chi connectivity index (χ2v) is 7.32. The van der Waals surface area contributed by atoms with Gasteiger partial charge in [0.15, 0.2) is 0 Å². The maximum Gasteiger partial charge on any atom is 0.339 e. The molecular formula is C22H35ClO2. The summed E-state index contributed by atoms with van der Waals surface area (Å²) in [5.74, 6) is -0.280. The van der Waals surface area contributed by atoms with Crippen LogP contribution in [-0.2, 0) is 4.74 Å². The van der Waals surface area contributed by atoms with E-state index in [1.54, 1.807) is 12.1 Å². The first-order chi connectivity index (χ1) is 12.2. The monoisotopic (exact) mass is 366 g/mol. The fraction of sp³-hybridized carbons (Fsp3) is 0.682. The minimum atomic E-state index is -0.280. The quantitative estimate of drug-likeness (QED) is 0.250. The molecule has 3 heteroatoms. The molecule has 0 radical (unpaired) electrons. The molecule has 0 saturated carbocycles. The highest BCUT2D eigenvalue weighted by molar-refractivity contribution is 6.33. The fourth-order valence-corrected chi connectivity index (χ4v) is 3.27. The molecule has 0 fully saturated rings. The highest BCUT2D eigenvalue weighted by Gasteiger charge is 2.17. The lowest BCUT2D eigenvalue weighted by Gasteiger charge is -2.18. The van der Waals surface area contributed by atoms with Gasteiger partial charge in [0.1, 0.15) is 6.10 Å². The van der Waals surface area contributed by atoms with Crippen LogP contribution in [0.25, 0.3) is 0 Å². The van der Waals surface area contributed by atoms with Crippen molar-refractivity contribution in [2.45, 2.75) is 97.0 Å². The number of carbonyl (C=O) groups excluding carboxylic acids is 1. The van der Waals surface area contributed by atoms with Gasteiger partial charge in [0.05, 0.1) is 10.6 Å². The first-order valence-corrected chi connectivity index (χ1v) is 10.5. The molecule has 25 heavy (non-hydrogen) atoms. The van der Waals surface area contributed by atoms with Gasteiger partial charge in [-0.05, 0) is 37.8 Å². The van der Waals surface area contributed by atoms with Crippen molar-refractivity contribution in [3.8, 4) is 0 Å². The van der Waals surface area contributed by atoms with Crippen molar-refractivity contribution < 1.29 is 9.53 Å². The van der Waals surface area contributed by atoms with Crippen LogP contribution in [0.2, 0.25) is 5.02 Å². The SMILES string of the molecule is CCCCCCCCC(CCCCCC)OC(=O)c1ccccc1Cl. The Balaban J connectivity index is 2.46. The van der Waals surface area contributed by atoms with Crippen LogP contribution < -0.4 is 0 Å². The molecule has 0 aromatic heterocycles. The Morgan fingerprint density at radius 1 is 0.880 bits per heavy atom. The van der Waals surface area contributed by atoms with E-state index in [4.69, 9.17) is 16.3 Å². The number of esters is 1. The minimum Gasteiger partial charge on any atom is -0.459 e. The van der Waals surface area contributed by atoms with Crippen LogP contribution in [0.15, 0.2) is 24.3 Å². The van der Waals surface area contributed by atoms with Crippen molar-refractivity contribution in [2.75, 3.05) is 0 Å². The maximum atomic E-state index is 12.4. The van der Waals surface area contributed by atoms with Gasteiger partial charge in [0.25, 0.3) is 0 Å². The van der Waals surface area contributed by atoms with E-state index >= 15 is 0 Å². The van der Waals surface area contributed by atoms with Crippen molar-refractivity contribution >= 4 is 17.6 Å². The summed E-state index contributed by atoms with van der Waals surface area (Å²) in [6.07, 6.45) is 14.3. The highest BCUT2D eigenvalue weighted by atomic mass is 35.5. The Morgan fingerprint density at radius 3 is 2.00 bits per heavy atom. The molecule has 2 nitrogen and oxygen atoms in total. The Hall–Kier alpha value is -1.02. The van der Waals surface area contributed by atoms with E-state index < -0.39 is 0 Å². The molecule has 0 heterocycles. The number of ether oxygens (including phenoxy) is 1. The number of benzene rings is 1. The lowest BCUT2D eigenvalue weighted by molar-refractivity contribution is 0.0249. The van der Waals surface area contributed by atoms with Gasteiger partial charge >= 0.3 is 5.97 Å². The third-order valence-corrected chi connectivity index (χ3v) is 4.96. The first-order valence-electron chi connectivity index (χ1n) is 10.1. The van der Waals surface area contributed by atoms with Crippen molar-refractivity contribution in [1.29, 1.82) is 0 Å². The fourth-order valence-electron chi connectivity index (χ4n) is 3.05. The summed E-state index contributed by atoms with van der Waals surface area (Å²) in [7, 11) is 0. The van der Waals surface area contributed by atoms with Crippen molar-refractivity contribution in [3.63, 3.8) is 0 Å². The number of hydrogen-bond donors (Lipinski definition) is 0. The Labute approximate surface area is 159 Å². The molecule has 1 aromatic carbocycles. The van der Waals surface area contributed by atoms with Gasteiger partial charge in [0, 0.05) is 0 Å². The normalized spacial score (nSPS) is 12.1. The molecule has 0 aliphatic heterocycles. The van der Waals surface area contributed by atoms with Crippen LogP contribution >= 0.6 is 11.6 Å². The number of rotatable bonds is 14. The number of halogens is 1. The van der Waals surface area contributed by atoms with Crippen LogP contribution in [0.1, 0.15) is 101 Å². The Morgan fingerprint density at radius 2 is 1.40 bits per heavy atom. The largest absolute Gasteiger partial charge is 0.459 e. The van der Waals surface area contributed by atoms with Gasteiger partial charge in [-0.1, -0.05) is 88.9 Å². The van der Waals surface area contributed by atoms with Crippen LogP contribution in [0, 0.1) is 0 Å². The van der Waals surface area contributed by atoms with Gasteiger partial charge in [-0.15, -0.1) is 0 Å². The minimum absolute atomic E-state index is 0.0202.